The lowest BCUT2D eigenvalue weighted by Crippen LogP contribution is -2.45. The number of benzene rings is 1. The Morgan fingerprint density at radius 3 is 2.71 bits per heavy atom. The van der Waals surface area contributed by atoms with Gasteiger partial charge in [0, 0.05) is 47.1 Å². The van der Waals surface area contributed by atoms with Gasteiger partial charge in [0.2, 0.25) is 0 Å². The summed E-state index contributed by atoms with van der Waals surface area (Å²) in [5.74, 6) is 0.690. The van der Waals surface area contributed by atoms with Gasteiger partial charge in [-0.25, -0.2) is 0 Å². The third-order valence-corrected chi connectivity index (χ3v) is 7.24. The minimum absolute atomic E-state index is 0.0389. The summed E-state index contributed by atoms with van der Waals surface area (Å²) in [5.41, 5.74) is 6.13. The summed E-state index contributed by atoms with van der Waals surface area (Å²) in [6.07, 6.45) is 10.3. The molecule has 1 N–H and O–H groups in total. The Hall–Kier alpha value is -2.79. The number of hydrogen-bond acceptors (Lipinski definition) is 4. The minimum atomic E-state index is -0.429. The molecule has 2 atom stereocenters. The van der Waals surface area contributed by atoms with Gasteiger partial charge in [0.25, 0.3) is 5.91 Å². The van der Waals surface area contributed by atoms with Crippen LogP contribution in [0.25, 0.3) is 10.9 Å². The lowest BCUT2D eigenvalue weighted by atomic mass is 9.91. The van der Waals surface area contributed by atoms with Crippen molar-refractivity contribution in [3.8, 4) is 0 Å². The van der Waals surface area contributed by atoms with Gasteiger partial charge < -0.3 is 10.0 Å². The third kappa shape index (κ3) is 3.32. The highest BCUT2D eigenvalue weighted by Gasteiger charge is 2.38. The van der Waals surface area contributed by atoms with Crippen LogP contribution < -0.4 is 0 Å². The van der Waals surface area contributed by atoms with Gasteiger partial charge in [-0.05, 0) is 61.4 Å². The van der Waals surface area contributed by atoms with Crippen LogP contribution in [0.15, 0.2) is 42.7 Å². The summed E-state index contributed by atoms with van der Waals surface area (Å²) in [4.78, 5) is 24.6. The zero-order valence-corrected chi connectivity index (χ0v) is 17.6. The van der Waals surface area contributed by atoms with Crippen molar-refractivity contribution in [2.45, 2.75) is 69.6 Å². The smallest absolute Gasteiger partial charge is 0.254 e. The summed E-state index contributed by atoms with van der Waals surface area (Å²) >= 11 is 0. The van der Waals surface area contributed by atoms with Crippen molar-refractivity contribution in [2.24, 2.45) is 0 Å². The zero-order valence-electron chi connectivity index (χ0n) is 17.6. The Balaban J connectivity index is 1.37. The number of aliphatic hydroxyl groups excluding tert-OH is 1. The fraction of sp³-hybridized carbons (Fsp3) is 0.423. The molecule has 0 radical (unpaired) electrons. The molecular weight excluding hydrogens is 386 g/mol. The first-order valence-electron chi connectivity index (χ1n) is 11.5. The highest BCUT2D eigenvalue weighted by Crippen LogP contribution is 2.39. The molecule has 3 aliphatic rings. The molecule has 31 heavy (non-hydrogen) atoms. The van der Waals surface area contributed by atoms with E-state index in [9.17, 15) is 9.90 Å². The fourth-order valence-electron chi connectivity index (χ4n) is 5.37. The van der Waals surface area contributed by atoms with Crippen molar-refractivity contribution in [3.05, 3.63) is 70.7 Å². The number of rotatable bonds is 4. The average molecular weight is 414 g/mol. The maximum atomic E-state index is 13.4. The van der Waals surface area contributed by atoms with E-state index in [1.807, 2.05) is 17.2 Å². The molecule has 2 fully saturated rings. The van der Waals surface area contributed by atoms with Crippen LogP contribution in [0.4, 0.5) is 0 Å². The predicted octanol–water partition coefficient (Wildman–Crippen LogP) is 4.36. The van der Waals surface area contributed by atoms with Crippen LogP contribution in [0.1, 0.15) is 77.2 Å². The SMILES string of the molecule is O=C1c2cc(Cc3ccc(C4CC4)nc3)c3cccnc3c2CN1C1CCCCC1O. The molecule has 6 rings (SSSR count). The maximum Gasteiger partial charge on any atom is 0.254 e. The second kappa shape index (κ2) is 7.41. The van der Waals surface area contributed by atoms with Gasteiger partial charge >= 0.3 is 0 Å². The topological polar surface area (TPSA) is 66.3 Å². The third-order valence-electron chi connectivity index (χ3n) is 7.24. The van der Waals surface area contributed by atoms with Crippen LogP contribution in [-0.4, -0.2) is 38.0 Å². The number of pyridine rings is 2. The number of carbonyl (C=O) groups is 1. The molecule has 0 saturated heterocycles. The average Bonchev–Trinajstić information content (AvgIpc) is 3.60. The number of aliphatic hydroxyl groups is 1. The van der Waals surface area contributed by atoms with Crippen molar-refractivity contribution in [2.75, 3.05) is 0 Å². The molecule has 1 amide bonds. The minimum Gasteiger partial charge on any atom is -0.391 e. The van der Waals surface area contributed by atoms with Crippen LogP contribution >= 0.6 is 0 Å². The summed E-state index contributed by atoms with van der Waals surface area (Å²) in [7, 11) is 0. The molecule has 0 spiro atoms. The number of carbonyl (C=O) groups excluding carboxylic acids is 1. The first-order chi connectivity index (χ1) is 15.2. The van der Waals surface area contributed by atoms with Gasteiger partial charge in [0.05, 0.1) is 17.7 Å². The largest absolute Gasteiger partial charge is 0.391 e. The van der Waals surface area contributed by atoms with Crippen LogP contribution in [-0.2, 0) is 13.0 Å². The Morgan fingerprint density at radius 2 is 1.94 bits per heavy atom. The molecule has 5 heteroatoms. The molecule has 0 bridgehead atoms. The molecular formula is C26H27N3O2. The monoisotopic (exact) mass is 413 g/mol. The molecule has 5 nitrogen and oxygen atoms in total. The van der Waals surface area contributed by atoms with E-state index < -0.39 is 6.10 Å². The van der Waals surface area contributed by atoms with Crippen LogP contribution in [0, 0.1) is 0 Å². The molecule has 2 aromatic heterocycles. The van der Waals surface area contributed by atoms with E-state index in [-0.39, 0.29) is 11.9 Å². The van der Waals surface area contributed by atoms with Crippen molar-refractivity contribution in [1.29, 1.82) is 0 Å². The van der Waals surface area contributed by atoms with Gasteiger partial charge in [-0.2, -0.15) is 0 Å². The van der Waals surface area contributed by atoms with E-state index in [2.05, 4.69) is 34.2 Å². The van der Waals surface area contributed by atoms with Gasteiger partial charge in [-0.15, -0.1) is 0 Å². The van der Waals surface area contributed by atoms with E-state index in [0.717, 1.165) is 65.3 Å². The van der Waals surface area contributed by atoms with E-state index in [1.165, 1.54) is 18.5 Å². The molecule has 2 unspecified atom stereocenters. The number of nitrogens with zero attached hydrogens (tertiary/aromatic N) is 3. The van der Waals surface area contributed by atoms with Gasteiger partial charge in [0.15, 0.2) is 0 Å². The van der Waals surface area contributed by atoms with Gasteiger partial charge in [-0.3, -0.25) is 14.8 Å². The number of aromatic nitrogens is 2. The number of fused-ring (bicyclic) bond motifs is 3. The molecule has 1 aromatic carbocycles. The Kier molecular flexibility index (Phi) is 4.53. The van der Waals surface area contributed by atoms with Crippen molar-refractivity contribution in [1.82, 2.24) is 14.9 Å². The molecule has 3 heterocycles. The van der Waals surface area contributed by atoms with E-state index in [0.29, 0.717) is 12.5 Å². The Bertz CT molecular complexity index is 1150. The van der Waals surface area contributed by atoms with E-state index >= 15 is 0 Å². The second-order valence-electron chi connectivity index (χ2n) is 9.36. The summed E-state index contributed by atoms with van der Waals surface area (Å²) < 4.78 is 0. The predicted molar refractivity (Wildman–Crippen MR) is 119 cm³/mol. The quantitative estimate of drug-likeness (QED) is 0.690. The molecule has 3 aromatic rings. The van der Waals surface area contributed by atoms with Crippen LogP contribution in [0.3, 0.4) is 0 Å². The summed E-state index contributed by atoms with van der Waals surface area (Å²) in [6.45, 7) is 0.543. The first kappa shape index (κ1) is 18.9. The van der Waals surface area contributed by atoms with E-state index in [1.54, 1.807) is 6.20 Å². The lowest BCUT2D eigenvalue weighted by molar-refractivity contribution is 0.0192. The summed E-state index contributed by atoms with van der Waals surface area (Å²) in [5, 5.41) is 11.6. The maximum absolute atomic E-state index is 13.4. The second-order valence-corrected chi connectivity index (χ2v) is 9.36. The van der Waals surface area contributed by atoms with Crippen molar-refractivity contribution >= 4 is 16.8 Å². The molecule has 158 valence electrons. The number of amides is 1. The van der Waals surface area contributed by atoms with Gasteiger partial charge in [-0.1, -0.05) is 25.0 Å². The summed E-state index contributed by atoms with van der Waals surface area (Å²) in [6, 6.07) is 10.4. The molecule has 1 aliphatic heterocycles. The standard InChI is InChI=1S/C26H27N3O2/c30-24-6-2-1-5-23(24)29-15-21-20(26(29)31)13-18(19-4-3-11-27-25(19)21)12-16-7-10-22(28-14-16)17-8-9-17/h3-4,7,10-11,13-14,17,23-24,30H,1-2,5-6,8-9,12,15H2. The van der Waals surface area contributed by atoms with Crippen LogP contribution in [0.2, 0.25) is 0 Å². The Morgan fingerprint density at radius 1 is 1.06 bits per heavy atom. The normalized spacial score (nSPS) is 23.4. The molecule has 2 aliphatic carbocycles. The highest BCUT2D eigenvalue weighted by molar-refractivity contribution is 6.04. The highest BCUT2D eigenvalue weighted by atomic mass is 16.3. The zero-order chi connectivity index (χ0) is 20.9. The lowest BCUT2D eigenvalue weighted by Gasteiger charge is -2.35. The Labute approximate surface area is 182 Å². The van der Waals surface area contributed by atoms with Gasteiger partial charge in [0.1, 0.15) is 0 Å². The fourth-order valence-corrected chi connectivity index (χ4v) is 5.37. The van der Waals surface area contributed by atoms with E-state index in [4.69, 9.17) is 0 Å². The first-order valence-corrected chi connectivity index (χ1v) is 11.5. The van der Waals surface area contributed by atoms with Crippen molar-refractivity contribution < 1.29 is 9.90 Å². The van der Waals surface area contributed by atoms with Crippen molar-refractivity contribution in [3.63, 3.8) is 0 Å². The number of hydrogen-bond donors (Lipinski definition) is 1. The molecule has 2 saturated carbocycles. The van der Waals surface area contributed by atoms with Crippen LogP contribution in [0.5, 0.6) is 0 Å².